The molecular weight excluding hydrogens is 224 g/mol. The molecule has 0 radical (unpaired) electrons. The van der Waals surface area contributed by atoms with Crippen LogP contribution in [0, 0.1) is 23.7 Å². The van der Waals surface area contributed by atoms with Gasteiger partial charge in [0.25, 0.3) is 0 Å². The van der Waals surface area contributed by atoms with Crippen LogP contribution in [0.4, 0.5) is 0 Å². The van der Waals surface area contributed by atoms with E-state index >= 15 is 0 Å². The van der Waals surface area contributed by atoms with Crippen molar-refractivity contribution in [2.24, 2.45) is 23.7 Å². The zero-order valence-corrected chi connectivity index (χ0v) is 11.0. The van der Waals surface area contributed by atoms with Crippen LogP contribution in [0.5, 0.6) is 0 Å². The van der Waals surface area contributed by atoms with Gasteiger partial charge in [0.2, 0.25) is 0 Å². The van der Waals surface area contributed by atoms with E-state index < -0.39 is 6.29 Å². The highest BCUT2D eigenvalue weighted by atomic mass is 16.6. The van der Waals surface area contributed by atoms with Gasteiger partial charge >= 0.3 is 0 Å². The molecule has 3 rings (SSSR count). The maximum Gasteiger partial charge on any atom is 0.174 e. The van der Waals surface area contributed by atoms with Gasteiger partial charge in [-0.1, -0.05) is 18.7 Å². The summed E-state index contributed by atoms with van der Waals surface area (Å²) in [6.45, 7) is 3.57. The zero-order chi connectivity index (χ0) is 12.5. The Balaban J connectivity index is 1.56. The second-order valence-electron chi connectivity index (χ2n) is 6.24. The van der Waals surface area contributed by atoms with Gasteiger partial charge in [-0.25, -0.2) is 0 Å². The molecule has 0 amide bonds. The van der Waals surface area contributed by atoms with Crippen molar-refractivity contribution in [3.8, 4) is 0 Å². The highest BCUT2D eigenvalue weighted by Gasteiger charge is 2.48. The molecule has 2 fully saturated rings. The van der Waals surface area contributed by atoms with Gasteiger partial charge in [0.1, 0.15) is 0 Å². The summed E-state index contributed by atoms with van der Waals surface area (Å²) in [5.74, 6) is 3.35. The smallest absolute Gasteiger partial charge is 0.174 e. The summed E-state index contributed by atoms with van der Waals surface area (Å²) in [6, 6.07) is 0. The molecule has 0 aromatic rings. The van der Waals surface area contributed by atoms with Crippen molar-refractivity contribution in [2.75, 3.05) is 0 Å². The Bertz CT molecular complexity index is 336. The van der Waals surface area contributed by atoms with E-state index in [1.54, 1.807) is 0 Å². The molecule has 2 heteroatoms. The fourth-order valence-corrected chi connectivity index (χ4v) is 4.45. The van der Waals surface area contributed by atoms with Crippen LogP contribution in [-0.2, 0) is 4.74 Å². The van der Waals surface area contributed by atoms with E-state index in [0.29, 0.717) is 5.92 Å². The van der Waals surface area contributed by atoms with E-state index in [2.05, 4.69) is 18.7 Å². The minimum absolute atomic E-state index is 0.276. The second kappa shape index (κ2) is 5.18. The summed E-state index contributed by atoms with van der Waals surface area (Å²) in [4.78, 5) is 0. The molecule has 2 bridgehead atoms. The molecule has 100 valence electrons. The van der Waals surface area contributed by atoms with Gasteiger partial charge in [0.15, 0.2) is 6.29 Å². The highest BCUT2D eigenvalue weighted by molar-refractivity contribution is 5.02. The average Bonchev–Trinajstić information content (AvgIpc) is 2.99. The molecule has 2 nitrogen and oxygen atoms in total. The normalized spacial score (nSPS) is 44.2. The van der Waals surface area contributed by atoms with Gasteiger partial charge in [-0.05, 0) is 68.3 Å². The van der Waals surface area contributed by atoms with Gasteiger partial charge in [-0.2, -0.15) is 0 Å². The Morgan fingerprint density at radius 1 is 1.17 bits per heavy atom. The largest absolute Gasteiger partial charge is 0.365 e. The van der Waals surface area contributed by atoms with Crippen LogP contribution in [0.3, 0.4) is 0 Å². The molecule has 0 aromatic carbocycles. The van der Waals surface area contributed by atoms with E-state index in [9.17, 15) is 5.11 Å². The van der Waals surface area contributed by atoms with Crippen molar-refractivity contribution >= 4 is 0 Å². The predicted molar refractivity (Wildman–Crippen MR) is 71.9 cm³/mol. The van der Waals surface area contributed by atoms with Crippen LogP contribution in [0.15, 0.2) is 24.8 Å². The topological polar surface area (TPSA) is 29.5 Å². The van der Waals surface area contributed by atoms with Crippen LogP contribution in [-0.4, -0.2) is 17.5 Å². The number of rotatable bonds is 4. The summed E-state index contributed by atoms with van der Waals surface area (Å²) in [6.07, 6.45) is 13.4. The third kappa shape index (κ3) is 2.28. The van der Waals surface area contributed by atoms with Crippen molar-refractivity contribution in [1.82, 2.24) is 0 Å². The third-order valence-corrected chi connectivity index (χ3v) is 5.28. The lowest BCUT2D eigenvalue weighted by Crippen LogP contribution is -2.31. The minimum Gasteiger partial charge on any atom is -0.365 e. The fourth-order valence-electron chi connectivity index (χ4n) is 4.45. The lowest BCUT2D eigenvalue weighted by molar-refractivity contribution is -0.124. The number of allylic oxidation sites excluding steroid dienone is 2. The van der Waals surface area contributed by atoms with Gasteiger partial charge < -0.3 is 9.84 Å². The molecule has 3 aliphatic carbocycles. The number of aliphatic hydroxyl groups is 1. The second-order valence-corrected chi connectivity index (χ2v) is 6.24. The van der Waals surface area contributed by atoms with Crippen molar-refractivity contribution in [3.63, 3.8) is 0 Å². The number of hydrogen-bond donors (Lipinski definition) is 1. The summed E-state index contributed by atoms with van der Waals surface area (Å²) in [5, 5.41) is 9.51. The van der Waals surface area contributed by atoms with E-state index in [-0.39, 0.29) is 6.10 Å². The standard InChI is InChI=1S/C16H24O2/c1-2-16(17)18-15-10-12-8-13(15)9-14(12)11-6-4-3-5-7-11/h2-4,11-17H,1,5-10H2. The van der Waals surface area contributed by atoms with Gasteiger partial charge in [-0.15, -0.1) is 0 Å². The molecule has 0 aromatic heterocycles. The molecule has 0 spiro atoms. The molecule has 1 N–H and O–H groups in total. The summed E-state index contributed by atoms with van der Waals surface area (Å²) < 4.78 is 5.65. The Labute approximate surface area is 110 Å². The molecule has 6 unspecified atom stereocenters. The molecule has 6 atom stereocenters. The van der Waals surface area contributed by atoms with Crippen LogP contribution < -0.4 is 0 Å². The van der Waals surface area contributed by atoms with Crippen LogP contribution in [0.2, 0.25) is 0 Å². The Morgan fingerprint density at radius 2 is 2.06 bits per heavy atom. The molecular formula is C16H24O2. The number of hydrogen-bond acceptors (Lipinski definition) is 2. The van der Waals surface area contributed by atoms with Crippen LogP contribution >= 0.6 is 0 Å². The SMILES string of the molecule is C=CC(O)OC1CC2CC1CC2C1CC=CCC1. The first-order valence-electron chi connectivity index (χ1n) is 7.39. The lowest BCUT2D eigenvalue weighted by atomic mass is 9.74. The third-order valence-electron chi connectivity index (χ3n) is 5.28. The van der Waals surface area contributed by atoms with E-state index in [4.69, 9.17) is 4.74 Å². The van der Waals surface area contributed by atoms with Crippen molar-refractivity contribution < 1.29 is 9.84 Å². The van der Waals surface area contributed by atoms with E-state index in [0.717, 1.165) is 24.2 Å². The quantitative estimate of drug-likeness (QED) is 0.611. The number of ether oxygens (including phenoxy) is 1. The predicted octanol–water partition coefficient (Wildman–Crippen LogP) is 3.28. The van der Waals surface area contributed by atoms with Gasteiger partial charge in [0.05, 0.1) is 6.10 Å². The fraction of sp³-hybridized carbons (Fsp3) is 0.750. The van der Waals surface area contributed by atoms with Crippen molar-refractivity contribution in [3.05, 3.63) is 24.8 Å². The van der Waals surface area contributed by atoms with Gasteiger partial charge in [-0.3, -0.25) is 0 Å². The molecule has 0 aliphatic heterocycles. The van der Waals surface area contributed by atoms with E-state index in [1.807, 2.05) is 0 Å². The highest BCUT2D eigenvalue weighted by Crippen LogP contribution is 2.54. The summed E-state index contributed by atoms with van der Waals surface area (Å²) in [7, 11) is 0. The first-order chi connectivity index (χ1) is 8.78. The molecule has 18 heavy (non-hydrogen) atoms. The van der Waals surface area contributed by atoms with Crippen molar-refractivity contribution in [1.29, 1.82) is 0 Å². The summed E-state index contributed by atoms with van der Waals surface area (Å²) in [5.41, 5.74) is 0. The Morgan fingerprint density at radius 3 is 2.67 bits per heavy atom. The minimum atomic E-state index is -0.773. The first kappa shape index (κ1) is 12.4. The number of fused-ring (bicyclic) bond motifs is 2. The molecule has 0 heterocycles. The Hall–Kier alpha value is -0.600. The number of aliphatic hydroxyl groups excluding tert-OH is 1. The lowest BCUT2D eigenvalue weighted by Gasteiger charge is -2.34. The maximum atomic E-state index is 9.51. The molecule has 3 aliphatic rings. The average molecular weight is 248 g/mol. The van der Waals surface area contributed by atoms with Gasteiger partial charge in [0, 0.05) is 0 Å². The maximum absolute atomic E-state index is 9.51. The first-order valence-corrected chi connectivity index (χ1v) is 7.39. The van der Waals surface area contributed by atoms with Crippen LogP contribution in [0.25, 0.3) is 0 Å². The zero-order valence-electron chi connectivity index (χ0n) is 11.0. The van der Waals surface area contributed by atoms with Crippen LogP contribution in [0.1, 0.15) is 38.5 Å². The summed E-state index contributed by atoms with van der Waals surface area (Å²) >= 11 is 0. The Kier molecular flexibility index (Phi) is 3.58. The monoisotopic (exact) mass is 248 g/mol. The van der Waals surface area contributed by atoms with Crippen molar-refractivity contribution in [2.45, 2.75) is 50.9 Å². The van der Waals surface area contributed by atoms with E-state index in [1.165, 1.54) is 38.2 Å². The molecule has 0 saturated heterocycles. The molecule has 2 saturated carbocycles.